The van der Waals surface area contributed by atoms with Crippen molar-refractivity contribution in [2.45, 2.75) is 0 Å². The number of hydrogen-bond donors (Lipinski definition) is 1. The summed E-state index contributed by atoms with van der Waals surface area (Å²) in [6.45, 7) is 0. The van der Waals surface area contributed by atoms with Crippen LogP contribution in [0.5, 0.6) is 0 Å². The molecular formula is C16H11N3O2. The first-order valence-corrected chi connectivity index (χ1v) is 6.48. The number of aromatic nitrogens is 2. The Kier molecular flexibility index (Phi) is 2.50. The van der Waals surface area contributed by atoms with Gasteiger partial charge in [-0.25, -0.2) is 0 Å². The molecule has 4 rings (SSSR count). The number of pyridine rings is 1. The Morgan fingerprint density at radius 2 is 1.86 bits per heavy atom. The van der Waals surface area contributed by atoms with Crippen LogP contribution in [-0.4, -0.2) is 10.1 Å². The molecule has 102 valence electrons. The normalized spacial score (nSPS) is 11.0. The molecule has 0 fully saturated rings. The fourth-order valence-electron chi connectivity index (χ4n) is 2.32. The minimum Gasteiger partial charge on any atom is -0.453 e. The van der Waals surface area contributed by atoms with Crippen LogP contribution in [0, 0.1) is 0 Å². The van der Waals surface area contributed by atoms with Gasteiger partial charge in [0, 0.05) is 11.6 Å². The van der Waals surface area contributed by atoms with E-state index in [2.05, 4.69) is 10.1 Å². The highest BCUT2D eigenvalue weighted by atomic mass is 16.5. The van der Waals surface area contributed by atoms with Crippen LogP contribution in [0.1, 0.15) is 0 Å². The van der Waals surface area contributed by atoms with Crippen LogP contribution in [0.2, 0.25) is 0 Å². The number of furan rings is 1. The summed E-state index contributed by atoms with van der Waals surface area (Å²) in [5, 5.41) is 4.84. The van der Waals surface area contributed by atoms with Crippen LogP contribution >= 0.6 is 0 Å². The quantitative estimate of drug-likeness (QED) is 0.604. The Hall–Kier alpha value is -3.08. The first-order valence-electron chi connectivity index (χ1n) is 6.48. The predicted octanol–water partition coefficient (Wildman–Crippen LogP) is 3.73. The summed E-state index contributed by atoms with van der Waals surface area (Å²) in [7, 11) is 0. The summed E-state index contributed by atoms with van der Waals surface area (Å²) >= 11 is 0. The summed E-state index contributed by atoms with van der Waals surface area (Å²) in [6.07, 6.45) is 1.70. The van der Waals surface area contributed by atoms with Crippen molar-refractivity contribution in [3.63, 3.8) is 0 Å². The van der Waals surface area contributed by atoms with E-state index in [1.807, 2.05) is 48.5 Å². The van der Waals surface area contributed by atoms with Crippen molar-refractivity contribution in [3.8, 4) is 22.8 Å². The lowest BCUT2D eigenvalue weighted by Crippen LogP contribution is -1.90. The third kappa shape index (κ3) is 1.87. The first kappa shape index (κ1) is 11.7. The lowest BCUT2D eigenvalue weighted by Gasteiger charge is -1.98. The Labute approximate surface area is 120 Å². The van der Waals surface area contributed by atoms with Crippen molar-refractivity contribution in [3.05, 3.63) is 54.7 Å². The van der Waals surface area contributed by atoms with Crippen LogP contribution in [0.4, 0.5) is 5.82 Å². The van der Waals surface area contributed by atoms with E-state index >= 15 is 0 Å². The molecule has 0 aliphatic carbocycles. The van der Waals surface area contributed by atoms with Crippen LogP contribution in [0.15, 0.2) is 63.7 Å². The number of nitrogens with zero attached hydrogens (tertiary/aromatic N) is 2. The molecule has 0 unspecified atom stereocenters. The topological polar surface area (TPSA) is 78.1 Å². The number of nitrogens with two attached hydrogens (primary N) is 1. The second-order valence-corrected chi connectivity index (χ2v) is 4.64. The summed E-state index contributed by atoms with van der Waals surface area (Å²) in [4.78, 5) is 4.30. The van der Waals surface area contributed by atoms with Crippen molar-refractivity contribution < 1.29 is 8.94 Å². The Balaban J connectivity index is 1.93. The number of hydrogen-bond acceptors (Lipinski definition) is 5. The van der Waals surface area contributed by atoms with E-state index in [0.29, 0.717) is 28.6 Å². The van der Waals surface area contributed by atoms with Crippen molar-refractivity contribution in [1.82, 2.24) is 10.1 Å². The molecule has 3 heterocycles. The minimum atomic E-state index is 0.296. The average Bonchev–Trinajstić information content (AvgIpc) is 3.11. The van der Waals surface area contributed by atoms with Gasteiger partial charge in [0.15, 0.2) is 11.6 Å². The van der Waals surface area contributed by atoms with Gasteiger partial charge in [0.05, 0.1) is 11.3 Å². The lowest BCUT2D eigenvalue weighted by atomic mass is 10.1. The van der Waals surface area contributed by atoms with Gasteiger partial charge in [0.1, 0.15) is 5.58 Å². The van der Waals surface area contributed by atoms with E-state index in [9.17, 15) is 0 Å². The molecule has 0 aliphatic heterocycles. The molecular weight excluding hydrogens is 266 g/mol. The molecule has 5 heteroatoms. The van der Waals surface area contributed by atoms with Gasteiger partial charge in [0.2, 0.25) is 5.76 Å². The van der Waals surface area contributed by atoms with Crippen molar-refractivity contribution >= 4 is 16.8 Å². The molecule has 2 N–H and O–H groups in total. The van der Waals surface area contributed by atoms with Gasteiger partial charge in [-0.3, -0.25) is 4.98 Å². The molecule has 0 radical (unpaired) electrons. The SMILES string of the molecule is Nc1noc(-c2cc3ccccc3o2)c1-c1ccccn1. The molecule has 1 aromatic carbocycles. The number of para-hydroxylation sites is 1. The van der Waals surface area contributed by atoms with Gasteiger partial charge in [-0.2, -0.15) is 0 Å². The number of anilines is 1. The van der Waals surface area contributed by atoms with E-state index in [4.69, 9.17) is 14.7 Å². The van der Waals surface area contributed by atoms with E-state index in [1.165, 1.54) is 0 Å². The monoisotopic (exact) mass is 277 g/mol. The Morgan fingerprint density at radius 3 is 2.67 bits per heavy atom. The summed E-state index contributed by atoms with van der Waals surface area (Å²) in [6, 6.07) is 15.2. The number of benzene rings is 1. The molecule has 0 spiro atoms. The maximum atomic E-state index is 5.92. The van der Waals surface area contributed by atoms with E-state index < -0.39 is 0 Å². The molecule has 0 bridgehead atoms. The summed E-state index contributed by atoms with van der Waals surface area (Å²) in [5.74, 6) is 1.37. The van der Waals surface area contributed by atoms with Crippen molar-refractivity contribution in [2.24, 2.45) is 0 Å². The Morgan fingerprint density at radius 1 is 1.00 bits per heavy atom. The molecule has 0 saturated carbocycles. The van der Waals surface area contributed by atoms with E-state index in [1.54, 1.807) is 6.20 Å². The zero-order valence-corrected chi connectivity index (χ0v) is 11.0. The largest absolute Gasteiger partial charge is 0.453 e. The average molecular weight is 277 g/mol. The smallest absolute Gasteiger partial charge is 0.213 e. The lowest BCUT2D eigenvalue weighted by molar-refractivity contribution is 0.424. The zero-order chi connectivity index (χ0) is 14.2. The minimum absolute atomic E-state index is 0.296. The van der Waals surface area contributed by atoms with Crippen LogP contribution in [-0.2, 0) is 0 Å². The third-order valence-electron chi connectivity index (χ3n) is 3.29. The molecule has 21 heavy (non-hydrogen) atoms. The fourth-order valence-corrected chi connectivity index (χ4v) is 2.32. The third-order valence-corrected chi connectivity index (χ3v) is 3.29. The van der Waals surface area contributed by atoms with Gasteiger partial charge in [-0.1, -0.05) is 29.4 Å². The van der Waals surface area contributed by atoms with E-state index in [-0.39, 0.29) is 0 Å². The molecule has 0 atom stereocenters. The van der Waals surface area contributed by atoms with Gasteiger partial charge in [-0.15, -0.1) is 0 Å². The van der Waals surface area contributed by atoms with Crippen molar-refractivity contribution in [2.75, 3.05) is 5.73 Å². The van der Waals surface area contributed by atoms with Gasteiger partial charge in [-0.05, 0) is 24.3 Å². The predicted molar refractivity (Wildman–Crippen MR) is 79.4 cm³/mol. The molecule has 0 aliphatic rings. The molecule has 0 amide bonds. The van der Waals surface area contributed by atoms with Gasteiger partial charge >= 0.3 is 0 Å². The van der Waals surface area contributed by atoms with E-state index in [0.717, 1.165) is 11.0 Å². The van der Waals surface area contributed by atoms with Crippen LogP contribution in [0.25, 0.3) is 33.7 Å². The second kappa shape index (κ2) is 4.49. The molecule has 3 aromatic heterocycles. The summed E-state index contributed by atoms with van der Waals surface area (Å²) < 4.78 is 11.2. The highest BCUT2D eigenvalue weighted by Gasteiger charge is 2.21. The maximum Gasteiger partial charge on any atom is 0.213 e. The Bertz CT molecular complexity index is 877. The molecule has 0 saturated heterocycles. The molecule has 4 aromatic rings. The maximum absolute atomic E-state index is 5.92. The number of fused-ring (bicyclic) bond motifs is 1. The summed E-state index contributed by atoms with van der Waals surface area (Å²) in [5.41, 5.74) is 8.05. The number of rotatable bonds is 2. The fraction of sp³-hybridized carbons (Fsp3) is 0. The van der Waals surface area contributed by atoms with Gasteiger partial charge < -0.3 is 14.7 Å². The van der Waals surface area contributed by atoms with Crippen molar-refractivity contribution in [1.29, 1.82) is 0 Å². The van der Waals surface area contributed by atoms with Crippen LogP contribution in [0.3, 0.4) is 0 Å². The highest BCUT2D eigenvalue weighted by Crippen LogP contribution is 2.37. The standard InChI is InChI=1S/C16H11N3O2/c17-16-14(11-6-3-4-8-18-11)15(21-19-16)13-9-10-5-1-2-7-12(10)20-13/h1-9H,(H2,17,19). The highest BCUT2D eigenvalue weighted by molar-refractivity contribution is 5.88. The molecule has 5 nitrogen and oxygen atoms in total. The first-order chi connectivity index (χ1) is 10.3. The van der Waals surface area contributed by atoms with Crippen LogP contribution < -0.4 is 5.73 Å². The number of nitrogen functional groups attached to an aromatic ring is 1. The van der Waals surface area contributed by atoms with Gasteiger partial charge in [0.25, 0.3) is 0 Å². The second-order valence-electron chi connectivity index (χ2n) is 4.64. The zero-order valence-electron chi connectivity index (χ0n) is 11.0.